The molecule has 2 heterocycles. The Bertz CT molecular complexity index is 1340. The van der Waals surface area contributed by atoms with Crippen molar-refractivity contribution < 1.29 is 14.3 Å². The number of ether oxygens (including phenoxy) is 1. The van der Waals surface area contributed by atoms with E-state index in [1.54, 1.807) is 0 Å². The van der Waals surface area contributed by atoms with E-state index in [2.05, 4.69) is 43.0 Å². The maximum atomic E-state index is 12.9. The number of aromatic nitrogens is 2. The lowest BCUT2D eigenvalue weighted by Crippen LogP contribution is -2.27. The van der Waals surface area contributed by atoms with Crippen molar-refractivity contribution in [3.8, 4) is 0 Å². The Kier molecular flexibility index (Phi) is 6.77. The highest BCUT2D eigenvalue weighted by Gasteiger charge is 2.17. The van der Waals surface area contributed by atoms with Crippen LogP contribution in [0.25, 0.3) is 21.8 Å². The number of hydrogen-bond acceptors (Lipinski definition) is 3. The fourth-order valence-corrected chi connectivity index (χ4v) is 4.22. The van der Waals surface area contributed by atoms with Crippen LogP contribution in [0.3, 0.4) is 0 Å². The topological polar surface area (TPSA) is 87.0 Å². The molecule has 2 aromatic carbocycles. The first-order valence-electron chi connectivity index (χ1n) is 11.9. The first kappa shape index (κ1) is 23.6. The number of hydrogen-bond donors (Lipinski definition) is 3. The molecule has 34 heavy (non-hydrogen) atoms. The minimum absolute atomic E-state index is 0.0508. The van der Waals surface area contributed by atoms with Gasteiger partial charge >= 0.3 is 5.97 Å². The van der Waals surface area contributed by atoms with E-state index in [9.17, 15) is 9.59 Å². The number of amides is 1. The summed E-state index contributed by atoms with van der Waals surface area (Å²) in [6.45, 7) is 11.2. The number of nitrogens with one attached hydrogen (secondary N) is 3. The van der Waals surface area contributed by atoms with Crippen LogP contribution in [0, 0.1) is 12.8 Å². The highest BCUT2D eigenvalue weighted by molar-refractivity contribution is 6.00. The summed E-state index contributed by atoms with van der Waals surface area (Å²) in [5.41, 5.74) is 6.16. The van der Waals surface area contributed by atoms with Gasteiger partial charge in [0.1, 0.15) is 0 Å². The number of carbonyl (C=O) groups excluding carboxylic acids is 2. The molecule has 6 nitrogen and oxygen atoms in total. The fraction of sp³-hybridized carbons (Fsp3) is 0.357. The van der Waals surface area contributed by atoms with Crippen LogP contribution in [-0.2, 0) is 11.2 Å². The van der Waals surface area contributed by atoms with E-state index < -0.39 is 0 Å². The minimum Gasteiger partial charge on any atom is -0.462 e. The summed E-state index contributed by atoms with van der Waals surface area (Å²) in [7, 11) is 0. The molecular formula is C28H33N3O3. The maximum absolute atomic E-state index is 12.9. The normalized spacial score (nSPS) is 11.6. The molecular weight excluding hydrogens is 426 g/mol. The Morgan fingerprint density at radius 1 is 0.971 bits per heavy atom. The van der Waals surface area contributed by atoms with E-state index in [0.717, 1.165) is 38.6 Å². The Morgan fingerprint density at radius 3 is 2.47 bits per heavy atom. The fourth-order valence-electron chi connectivity index (χ4n) is 4.22. The first-order chi connectivity index (χ1) is 16.2. The van der Waals surface area contributed by atoms with Gasteiger partial charge in [0.15, 0.2) is 0 Å². The summed E-state index contributed by atoms with van der Waals surface area (Å²) < 4.78 is 5.65. The van der Waals surface area contributed by atoms with Crippen LogP contribution in [0.15, 0.2) is 42.6 Å². The zero-order valence-corrected chi connectivity index (χ0v) is 20.5. The predicted octanol–water partition coefficient (Wildman–Crippen LogP) is 5.87. The number of benzene rings is 2. The molecule has 0 bridgehead atoms. The lowest BCUT2D eigenvalue weighted by atomic mass is 9.95. The zero-order valence-electron chi connectivity index (χ0n) is 20.5. The average molecular weight is 460 g/mol. The van der Waals surface area contributed by atoms with Gasteiger partial charge in [0.25, 0.3) is 5.91 Å². The molecule has 0 radical (unpaired) electrons. The standard InChI is InChI=1S/C28H33N3O3/c1-16(2)15-30-27(32)23-13-20-11-21(31-26(20)10-18(23)5)7-9-34-28(33)24-12-19-6-8-29-25(19)14-22(24)17(3)4/h6,8,10-14,16-17,29,31H,7,9,15H2,1-5H3,(H,30,32). The van der Waals surface area contributed by atoms with Crippen LogP contribution < -0.4 is 5.32 Å². The van der Waals surface area contributed by atoms with Crippen LogP contribution >= 0.6 is 0 Å². The van der Waals surface area contributed by atoms with E-state index in [-0.39, 0.29) is 24.4 Å². The van der Waals surface area contributed by atoms with Gasteiger partial charge in [-0.3, -0.25) is 4.79 Å². The SMILES string of the molecule is Cc1cc2[nH]c(CCOC(=O)c3cc4cc[nH]c4cc3C(C)C)cc2cc1C(=O)NCC(C)C. The van der Waals surface area contributed by atoms with Gasteiger partial charge < -0.3 is 20.0 Å². The molecule has 0 unspecified atom stereocenters. The highest BCUT2D eigenvalue weighted by atomic mass is 16.5. The smallest absolute Gasteiger partial charge is 0.338 e. The molecule has 0 saturated heterocycles. The van der Waals surface area contributed by atoms with Gasteiger partial charge in [0, 0.05) is 52.2 Å². The van der Waals surface area contributed by atoms with Crippen molar-refractivity contribution in [2.45, 2.75) is 47.0 Å². The number of H-pyrrole nitrogens is 2. The Balaban J connectivity index is 1.45. The van der Waals surface area contributed by atoms with E-state index in [4.69, 9.17) is 4.74 Å². The molecule has 0 aliphatic rings. The third-order valence-electron chi connectivity index (χ3n) is 6.11. The predicted molar refractivity (Wildman–Crippen MR) is 137 cm³/mol. The van der Waals surface area contributed by atoms with Crippen LogP contribution in [-0.4, -0.2) is 35.0 Å². The third-order valence-corrected chi connectivity index (χ3v) is 6.11. The van der Waals surface area contributed by atoms with Gasteiger partial charge in [-0.25, -0.2) is 4.79 Å². The third kappa shape index (κ3) is 5.01. The number of aromatic amines is 2. The van der Waals surface area contributed by atoms with Crippen molar-refractivity contribution in [1.29, 1.82) is 0 Å². The number of rotatable bonds is 8. The molecule has 2 aromatic heterocycles. The van der Waals surface area contributed by atoms with Gasteiger partial charge in [0.2, 0.25) is 0 Å². The Morgan fingerprint density at radius 2 is 1.74 bits per heavy atom. The highest BCUT2D eigenvalue weighted by Crippen LogP contribution is 2.26. The van der Waals surface area contributed by atoms with Crippen molar-refractivity contribution in [3.05, 3.63) is 70.5 Å². The lowest BCUT2D eigenvalue weighted by molar-refractivity contribution is 0.0507. The van der Waals surface area contributed by atoms with Gasteiger partial charge in [-0.1, -0.05) is 27.7 Å². The second kappa shape index (κ2) is 9.75. The molecule has 0 fully saturated rings. The van der Waals surface area contributed by atoms with Crippen molar-refractivity contribution in [2.24, 2.45) is 5.92 Å². The summed E-state index contributed by atoms with van der Waals surface area (Å²) in [5.74, 6) is 0.253. The van der Waals surface area contributed by atoms with Gasteiger partial charge in [-0.2, -0.15) is 0 Å². The number of aryl methyl sites for hydroxylation is 1. The number of fused-ring (bicyclic) bond motifs is 2. The largest absolute Gasteiger partial charge is 0.462 e. The van der Waals surface area contributed by atoms with Crippen LogP contribution in [0.5, 0.6) is 0 Å². The number of carbonyl (C=O) groups is 2. The molecule has 0 spiro atoms. The summed E-state index contributed by atoms with van der Waals surface area (Å²) in [5, 5.41) is 4.96. The molecule has 4 rings (SSSR count). The first-order valence-corrected chi connectivity index (χ1v) is 11.9. The molecule has 0 atom stereocenters. The Hall–Kier alpha value is -3.54. The molecule has 4 aromatic rings. The van der Waals surface area contributed by atoms with Crippen molar-refractivity contribution in [1.82, 2.24) is 15.3 Å². The molecule has 1 amide bonds. The van der Waals surface area contributed by atoms with E-state index >= 15 is 0 Å². The van der Waals surface area contributed by atoms with Gasteiger partial charge in [-0.15, -0.1) is 0 Å². The quantitative estimate of drug-likeness (QED) is 0.288. The molecule has 6 heteroatoms. The molecule has 178 valence electrons. The minimum atomic E-state index is -0.303. The summed E-state index contributed by atoms with van der Waals surface area (Å²) in [6, 6.07) is 11.8. The second-order valence-electron chi connectivity index (χ2n) is 9.70. The van der Waals surface area contributed by atoms with Crippen molar-refractivity contribution in [3.63, 3.8) is 0 Å². The molecule has 0 saturated carbocycles. The van der Waals surface area contributed by atoms with Gasteiger partial charge in [0.05, 0.1) is 12.2 Å². The van der Waals surface area contributed by atoms with Crippen molar-refractivity contribution >= 4 is 33.7 Å². The van der Waals surface area contributed by atoms with Crippen LogP contribution in [0.4, 0.5) is 0 Å². The monoisotopic (exact) mass is 459 g/mol. The average Bonchev–Trinajstić information content (AvgIpc) is 3.41. The second-order valence-corrected chi connectivity index (χ2v) is 9.70. The summed E-state index contributed by atoms with van der Waals surface area (Å²) >= 11 is 0. The van der Waals surface area contributed by atoms with E-state index in [0.29, 0.717) is 30.0 Å². The molecule has 3 N–H and O–H groups in total. The lowest BCUT2D eigenvalue weighted by Gasteiger charge is -2.13. The van der Waals surface area contributed by atoms with E-state index in [1.807, 2.05) is 49.5 Å². The number of esters is 1. The molecule has 0 aliphatic heterocycles. The summed E-state index contributed by atoms with van der Waals surface area (Å²) in [6.07, 6.45) is 2.44. The molecule has 0 aliphatic carbocycles. The van der Waals surface area contributed by atoms with Gasteiger partial charge in [-0.05, 0) is 66.3 Å². The van der Waals surface area contributed by atoms with E-state index in [1.165, 1.54) is 0 Å². The van der Waals surface area contributed by atoms with Crippen LogP contribution in [0.1, 0.15) is 71.1 Å². The zero-order chi connectivity index (χ0) is 24.4. The van der Waals surface area contributed by atoms with Crippen molar-refractivity contribution in [2.75, 3.05) is 13.2 Å². The van der Waals surface area contributed by atoms with Crippen LogP contribution in [0.2, 0.25) is 0 Å². The Labute approximate surface area is 200 Å². The maximum Gasteiger partial charge on any atom is 0.338 e. The summed E-state index contributed by atoms with van der Waals surface area (Å²) in [4.78, 5) is 32.0.